The van der Waals surface area contributed by atoms with Crippen LogP contribution in [-0.2, 0) is 5.41 Å². The molecule has 0 spiro atoms. The van der Waals surface area contributed by atoms with E-state index in [-0.39, 0.29) is 11.5 Å². The Kier molecular flexibility index (Phi) is 7.75. The molecule has 1 heterocycles. The molecule has 2 aliphatic rings. The van der Waals surface area contributed by atoms with Crippen molar-refractivity contribution in [3.63, 3.8) is 0 Å². The number of ether oxygens (including phenoxy) is 1. The Hall–Kier alpha value is -2.04. The van der Waals surface area contributed by atoms with E-state index in [4.69, 9.17) is 4.74 Å². The molecule has 2 aromatic carbocycles. The number of aliphatic hydroxyl groups is 1. The van der Waals surface area contributed by atoms with Crippen LogP contribution in [0, 0.1) is 5.92 Å². The number of rotatable bonds is 8. The van der Waals surface area contributed by atoms with Gasteiger partial charge in [0.25, 0.3) is 0 Å². The molecular weight excluding hydrogens is 396 g/mol. The second kappa shape index (κ2) is 10.7. The number of anilines is 1. The summed E-state index contributed by atoms with van der Waals surface area (Å²) < 4.78 is 5.57. The van der Waals surface area contributed by atoms with Crippen molar-refractivity contribution in [1.82, 2.24) is 4.90 Å². The monoisotopic (exact) mass is 436 g/mol. The van der Waals surface area contributed by atoms with Crippen LogP contribution in [0.25, 0.3) is 0 Å². The van der Waals surface area contributed by atoms with Crippen LogP contribution >= 0.6 is 0 Å². The lowest BCUT2D eigenvalue weighted by molar-refractivity contribution is 0.0111. The number of benzene rings is 2. The number of methoxy groups -OCH3 is 1. The first-order valence-corrected chi connectivity index (χ1v) is 12.5. The van der Waals surface area contributed by atoms with Crippen LogP contribution in [-0.4, -0.2) is 55.9 Å². The number of hydrogen-bond acceptors (Lipinski definition) is 4. The normalized spacial score (nSPS) is 21.2. The van der Waals surface area contributed by atoms with Gasteiger partial charge in [0.1, 0.15) is 5.75 Å². The average molecular weight is 437 g/mol. The third-order valence-corrected chi connectivity index (χ3v) is 7.93. The number of hydrogen-bond donors (Lipinski definition) is 1. The second-order valence-corrected chi connectivity index (χ2v) is 9.88. The maximum atomic E-state index is 11.6. The quantitative estimate of drug-likeness (QED) is 0.624. The molecule has 1 saturated heterocycles. The van der Waals surface area contributed by atoms with Crippen LogP contribution in [0.1, 0.15) is 51.0 Å². The Balaban J connectivity index is 1.40. The van der Waals surface area contributed by atoms with Crippen LogP contribution in [0.15, 0.2) is 54.6 Å². The Morgan fingerprint density at radius 2 is 1.59 bits per heavy atom. The standard InChI is InChI=1S/C28H40N2O2/c1-28(24-13-7-4-8-14-24,27(31)23-11-5-3-6-12-23)17-18-29-19-21-30(22-20-29)25-15-9-10-16-26(25)32-2/h4,7-10,13-16,23,27,31H,3,5-6,11-12,17-22H2,1-2H3. The first kappa shape index (κ1) is 23.1. The zero-order chi connectivity index (χ0) is 22.4. The van der Waals surface area contributed by atoms with Crippen molar-refractivity contribution >= 4 is 5.69 Å². The summed E-state index contributed by atoms with van der Waals surface area (Å²) in [6.07, 6.45) is 6.89. The first-order chi connectivity index (χ1) is 15.6. The van der Waals surface area contributed by atoms with E-state index in [0.29, 0.717) is 5.92 Å². The molecule has 2 fully saturated rings. The lowest BCUT2D eigenvalue weighted by Crippen LogP contribution is -2.49. The summed E-state index contributed by atoms with van der Waals surface area (Å²) in [5.41, 5.74) is 2.27. The SMILES string of the molecule is COc1ccccc1N1CCN(CCC(C)(c2ccccc2)C(O)C2CCCCC2)CC1. The molecule has 4 nitrogen and oxygen atoms in total. The van der Waals surface area contributed by atoms with E-state index in [0.717, 1.165) is 44.9 Å². The van der Waals surface area contributed by atoms with E-state index in [2.05, 4.69) is 59.2 Å². The van der Waals surface area contributed by atoms with Crippen molar-refractivity contribution in [2.75, 3.05) is 44.7 Å². The van der Waals surface area contributed by atoms with Crippen LogP contribution in [0.2, 0.25) is 0 Å². The van der Waals surface area contributed by atoms with Crippen LogP contribution in [0.5, 0.6) is 5.75 Å². The van der Waals surface area contributed by atoms with Gasteiger partial charge in [0, 0.05) is 31.6 Å². The van der Waals surface area contributed by atoms with Gasteiger partial charge in [-0.1, -0.05) is 68.7 Å². The molecule has 0 radical (unpaired) electrons. The van der Waals surface area contributed by atoms with Gasteiger partial charge in [-0.3, -0.25) is 4.90 Å². The van der Waals surface area contributed by atoms with Gasteiger partial charge < -0.3 is 14.7 Å². The van der Waals surface area contributed by atoms with Crippen molar-refractivity contribution in [2.24, 2.45) is 5.92 Å². The summed E-state index contributed by atoms with van der Waals surface area (Å²) in [4.78, 5) is 5.00. The highest BCUT2D eigenvalue weighted by Gasteiger charge is 2.40. The van der Waals surface area contributed by atoms with Gasteiger partial charge in [-0.05, 0) is 49.4 Å². The van der Waals surface area contributed by atoms with Gasteiger partial charge in [-0.25, -0.2) is 0 Å². The molecule has 1 N–H and O–H groups in total. The Bertz CT molecular complexity index is 828. The maximum Gasteiger partial charge on any atom is 0.142 e. The van der Waals surface area contributed by atoms with Crippen molar-refractivity contribution in [1.29, 1.82) is 0 Å². The van der Waals surface area contributed by atoms with E-state index in [1.165, 1.54) is 43.4 Å². The lowest BCUT2D eigenvalue weighted by atomic mass is 9.67. The smallest absolute Gasteiger partial charge is 0.142 e. The van der Waals surface area contributed by atoms with E-state index in [1.54, 1.807) is 7.11 Å². The number of piperazine rings is 1. The van der Waals surface area contributed by atoms with Crippen molar-refractivity contribution in [3.05, 3.63) is 60.2 Å². The molecule has 4 rings (SSSR count). The molecule has 0 aromatic heterocycles. The number of para-hydroxylation sites is 2. The molecule has 32 heavy (non-hydrogen) atoms. The van der Waals surface area contributed by atoms with Crippen molar-refractivity contribution < 1.29 is 9.84 Å². The summed E-state index contributed by atoms with van der Waals surface area (Å²) in [7, 11) is 1.75. The van der Waals surface area contributed by atoms with Gasteiger partial charge in [0.15, 0.2) is 0 Å². The predicted octanol–water partition coefficient (Wildman–Crippen LogP) is 5.11. The molecule has 1 saturated carbocycles. The fraction of sp³-hybridized carbons (Fsp3) is 0.571. The molecule has 1 aliphatic carbocycles. The largest absolute Gasteiger partial charge is 0.495 e. The third kappa shape index (κ3) is 5.13. The van der Waals surface area contributed by atoms with Gasteiger partial charge in [-0.15, -0.1) is 0 Å². The molecule has 2 unspecified atom stereocenters. The minimum atomic E-state index is -0.278. The average Bonchev–Trinajstić information content (AvgIpc) is 2.88. The number of nitrogens with zero attached hydrogens (tertiary/aromatic N) is 2. The van der Waals surface area contributed by atoms with Crippen molar-refractivity contribution in [2.45, 2.75) is 57.0 Å². The molecule has 1 aliphatic heterocycles. The molecule has 0 amide bonds. The molecular formula is C28H40N2O2. The minimum absolute atomic E-state index is 0.205. The van der Waals surface area contributed by atoms with Gasteiger partial charge >= 0.3 is 0 Å². The maximum absolute atomic E-state index is 11.6. The minimum Gasteiger partial charge on any atom is -0.495 e. The molecule has 2 aromatic rings. The molecule has 4 heteroatoms. The Morgan fingerprint density at radius 3 is 2.28 bits per heavy atom. The number of aliphatic hydroxyl groups excluding tert-OH is 1. The lowest BCUT2D eigenvalue weighted by Gasteiger charge is -2.43. The summed E-state index contributed by atoms with van der Waals surface area (Å²) in [6.45, 7) is 7.42. The van der Waals surface area contributed by atoms with Gasteiger partial charge in [0.2, 0.25) is 0 Å². The topological polar surface area (TPSA) is 35.9 Å². The van der Waals surface area contributed by atoms with Crippen LogP contribution in [0.3, 0.4) is 0 Å². The van der Waals surface area contributed by atoms with Gasteiger partial charge in [0.05, 0.1) is 18.9 Å². The summed E-state index contributed by atoms with van der Waals surface area (Å²) >= 11 is 0. The van der Waals surface area contributed by atoms with Crippen LogP contribution < -0.4 is 9.64 Å². The first-order valence-electron chi connectivity index (χ1n) is 12.5. The Labute approximate surface area is 194 Å². The zero-order valence-electron chi connectivity index (χ0n) is 19.9. The van der Waals surface area contributed by atoms with Gasteiger partial charge in [-0.2, -0.15) is 0 Å². The van der Waals surface area contributed by atoms with Crippen LogP contribution in [0.4, 0.5) is 5.69 Å². The third-order valence-electron chi connectivity index (χ3n) is 7.93. The second-order valence-electron chi connectivity index (χ2n) is 9.88. The fourth-order valence-corrected chi connectivity index (χ4v) is 5.75. The van der Waals surface area contributed by atoms with E-state index < -0.39 is 0 Å². The summed E-state index contributed by atoms with van der Waals surface area (Å²) in [5, 5.41) is 11.6. The van der Waals surface area contributed by atoms with E-state index in [9.17, 15) is 5.11 Å². The summed E-state index contributed by atoms with van der Waals surface area (Å²) in [5.74, 6) is 1.38. The molecule has 2 atom stereocenters. The molecule has 0 bridgehead atoms. The van der Waals surface area contributed by atoms with E-state index >= 15 is 0 Å². The Morgan fingerprint density at radius 1 is 0.938 bits per heavy atom. The van der Waals surface area contributed by atoms with Crippen molar-refractivity contribution in [3.8, 4) is 5.75 Å². The molecule has 174 valence electrons. The fourth-order valence-electron chi connectivity index (χ4n) is 5.75. The highest BCUT2D eigenvalue weighted by atomic mass is 16.5. The highest BCUT2D eigenvalue weighted by Crippen LogP contribution is 2.40. The summed E-state index contributed by atoms with van der Waals surface area (Å²) in [6, 6.07) is 19.1. The predicted molar refractivity (Wildman–Crippen MR) is 133 cm³/mol. The highest BCUT2D eigenvalue weighted by molar-refractivity contribution is 5.58. The van der Waals surface area contributed by atoms with E-state index in [1.807, 2.05) is 12.1 Å². The zero-order valence-corrected chi connectivity index (χ0v) is 19.9.